The molecule has 3 aromatic carbocycles. The fraction of sp³-hybridized carbons (Fsp3) is 0.0909. The van der Waals surface area contributed by atoms with Crippen molar-refractivity contribution >= 4 is 34.8 Å². The number of urea groups is 1. The van der Waals surface area contributed by atoms with Gasteiger partial charge in [-0.25, -0.2) is 4.79 Å². The first-order valence-electron chi connectivity index (χ1n) is 9.00. The molecule has 152 valence electrons. The predicted molar refractivity (Wildman–Crippen MR) is 111 cm³/mol. The van der Waals surface area contributed by atoms with E-state index in [0.29, 0.717) is 16.3 Å². The zero-order valence-electron chi connectivity index (χ0n) is 15.4. The molecule has 0 bridgehead atoms. The van der Waals surface area contributed by atoms with E-state index in [-0.39, 0.29) is 18.1 Å². The van der Waals surface area contributed by atoms with E-state index in [0.717, 1.165) is 11.6 Å². The summed E-state index contributed by atoms with van der Waals surface area (Å²) in [5, 5.41) is 3.12. The minimum absolute atomic E-state index is 0.0563. The maximum absolute atomic E-state index is 13.6. The molecule has 3 aromatic rings. The first kappa shape index (κ1) is 20.0. The number of anilines is 2. The summed E-state index contributed by atoms with van der Waals surface area (Å²) in [7, 11) is 0. The van der Waals surface area contributed by atoms with Crippen molar-refractivity contribution in [1.82, 2.24) is 0 Å². The van der Waals surface area contributed by atoms with Gasteiger partial charge in [0.25, 0.3) is 0 Å². The van der Waals surface area contributed by atoms with Crippen LogP contribution in [0.25, 0.3) is 0 Å². The Morgan fingerprint density at radius 1 is 0.967 bits per heavy atom. The van der Waals surface area contributed by atoms with Gasteiger partial charge in [-0.3, -0.25) is 0 Å². The third-order valence-electron chi connectivity index (χ3n) is 4.65. The van der Waals surface area contributed by atoms with E-state index in [9.17, 15) is 18.0 Å². The van der Waals surface area contributed by atoms with Gasteiger partial charge in [0.05, 0.1) is 17.8 Å². The fourth-order valence-electron chi connectivity index (χ4n) is 3.32. The summed E-state index contributed by atoms with van der Waals surface area (Å²) in [5.41, 5.74) is 1.03. The van der Waals surface area contributed by atoms with Crippen molar-refractivity contribution in [3.63, 3.8) is 0 Å². The van der Waals surface area contributed by atoms with Gasteiger partial charge in [0.1, 0.15) is 5.84 Å². The molecule has 0 spiro atoms. The van der Waals surface area contributed by atoms with Gasteiger partial charge in [-0.2, -0.15) is 18.2 Å². The number of nitrogens with one attached hydrogen (secondary N) is 1. The number of rotatable bonds is 2. The molecule has 0 radical (unpaired) electrons. The molecule has 1 aliphatic rings. The fourth-order valence-corrected chi connectivity index (χ4v) is 3.44. The Morgan fingerprint density at radius 3 is 2.37 bits per heavy atom. The van der Waals surface area contributed by atoms with Gasteiger partial charge in [-0.1, -0.05) is 48.0 Å². The normalized spacial score (nSPS) is 14.7. The third-order valence-corrected chi connectivity index (χ3v) is 4.90. The Morgan fingerprint density at radius 2 is 1.63 bits per heavy atom. The number of benzene rings is 3. The van der Waals surface area contributed by atoms with Crippen LogP contribution in [-0.2, 0) is 12.7 Å². The van der Waals surface area contributed by atoms with Gasteiger partial charge in [-0.15, -0.1) is 0 Å². The highest BCUT2D eigenvalue weighted by molar-refractivity contribution is 6.30. The van der Waals surface area contributed by atoms with Gasteiger partial charge in [0, 0.05) is 16.3 Å². The van der Waals surface area contributed by atoms with E-state index >= 15 is 0 Å². The number of amidine groups is 1. The highest BCUT2D eigenvalue weighted by Gasteiger charge is 2.37. The van der Waals surface area contributed by atoms with E-state index in [1.807, 2.05) is 0 Å². The SMILES string of the molecule is O=C(/N=C1/c2ccccc2CN1c1ccccc1C(F)(F)F)Nc1ccc(Cl)cc1. The molecule has 0 unspecified atom stereocenters. The minimum atomic E-state index is -4.54. The molecule has 0 aliphatic carbocycles. The number of carbonyl (C=O) groups is 1. The van der Waals surface area contributed by atoms with Gasteiger partial charge >= 0.3 is 12.2 Å². The largest absolute Gasteiger partial charge is 0.418 e. The van der Waals surface area contributed by atoms with Gasteiger partial charge in [0.2, 0.25) is 0 Å². The van der Waals surface area contributed by atoms with E-state index in [4.69, 9.17) is 11.6 Å². The van der Waals surface area contributed by atoms with Crippen molar-refractivity contribution in [3.05, 3.63) is 94.5 Å². The molecule has 4 rings (SSSR count). The number of hydrogen-bond acceptors (Lipinski definition) is 1. The topological polar surface area (TPSA) is 44.7 Å². The lowest BCUT2D eigenvalue weighted by Crippen LogP contribution is -2.28. The van der Waals surface area contributed by atoms with Crippen molar-refractivity contribution in [2.75, 3.05) is 10.2 Å². The van der Waals surface area contributed by atoms with Crippen LogP contribution in [0.1, 0.15) is 16.7 Å². The number of amides is 2. The lowest BCUT2D eigenvalue weighted by atomic mass is 10.1. The van der Waals surface area contributed by atoms with Crippen LogP contribution >= 0.6 is 11.6 Å². The van der Waals surface area contributed by atoms with Crippen LogP contribution in [0.5, 0.6) is 0 Å². The monoisotopic (exact) mass is 429 g/mol. The molecule has 1 heterocycles. The number of hydrogen-bond donors (Lipinski definition) is 1. The van der Waals surface area contributed by atoms with Crippen molar-refractivity contribution in [2.45, 2.75) is 12.7 Å². The smallest absolute Gasteiger partial charge is 0.321 e. The zero-order valence-corrected chi connectivity index (χ0v) is 16.2. The Kier molecular flexibility index (Phi) is 5.22. The van der Waals surface area contributed by atoms with Gasteiger partial charge < -0.3 is 10.2 Å². The maximum Gasteiger partial charge on any atom is 0.418 e. The number of carbonyl (C=O) groups excluding carboxylic acids is 1. The summed E-state index contributed by atoms with van der Waals surface area (Å²) in [6.45, 7) is 0.177. The van der Waals surface area contributed by atoms with Crippen molar-refractivity contribution < 1.29 is 18.0 Å². The van der Waals surface area contributed by atoms with Crippen molar-refractivity contribution in [2.24, 2.45) is 4.99 Å². The second-order valence-corrected chi connectivity index (χ2v) is 7.07. The second-order valence-electron chi connectivity index (χ2n) is 6.63. The number of aliphatic imine (C=N–C) groups is 1. The summed E-state index contributed by atoms with van der Waals surface area (Å²) >= 11 is 5.84. The van der Waals surface area contributed by atoms with E-state index in [1.54, 1.807) is 48.5 Å². The lowest BCUT2D eigenvalue weighted by molar-refractivity contribution is -0.137. The molecule has 0 saturated heterocycles. The molecule has 30 heavy (non-hydrogen) atoms. The maximum atomic E-state index is 13.6. The average molecular weight is 430 g/mol. The average Bonchev–Trinajstić information content (AvgIpc) is 3.07. The highest BCUT2D eigenvalue weighted by atomic mass is 35.5. The summed E-state index contributed by atoms with van der Waals surface area (Å²) in [6.07, 6.45) is -4.54. The van der Waals surface area contributed by atoms with Gasteiger partial charge in [0.15, 0.2) is 0 Å². The summed E-state index contributed by atoms with van der Waals surface area (Å²) in [5.74, 6) is 0.161. The summed E-state index contributed by atoms with van der Waals surface area (Å²) in [4.78, 5) is 18.1. The Hall–Kier alpha value is -3.32. The standard InChI is InChI=1S/C22H15ClF3N3O/c23-15-9-11-16(12-10-15)27-21(30)28-20-17-6-2-1-5-14(17)13-29(20)19-8-4-3-7-18(19)22(24,25)26/h1-12H,13H2,(H,27,30)/b28-20-. The number of fused-ring (bicyclic) bond motifs is 1. The van der Waals surface area contributed by atoms with Crippen LogP contribution in [0, 0.1) is 0 Å². The third kappa shape index (κ3) is 4.02. The number of alkyl halides is 3. The molecule has 0 saturated carbocycles. The molecule has 8 heteroatoms. The van der Waals surface area contributed by atoms with E-state index < -0.39 is 17.8 Å². The van der Waals surface area contributed by atoms with Gasteiger partial charge in [-0.05, 0) is 42.0 Å². The number of para-hydroxylation sites is 1. The van der Waals surface area contributed by atoms with Crippen LogP contribution in [0.3, 0.4) is 0 Å². The Labute approximate surface area is 175 Å². The lowest BCUT2D eigenvalue weighted by Gasteiger charge is -2.23. The Bertz CT molecular complexity index is 1130. The quantitative estimate of drug-likeness (QED) is 0.515. The minimum Gasteiger partial charge on any atom is -0.321 e. The van der Waals surface area contributed by atoms with Crippen molar-refractivity contribution in [1.29, 1.82) is 0 Å². The summed E-state index contributed by atoms with van der Waals surface area (Å²) in [6, 6.07) is 18.1. The number of halogens is 4. The van der Waals surface area contributed by atoms with Crippen LogP contribution in [-0.4, -0.2) is 11.9 Å². The first-order chi connectivity index (χ1) is 14.3. The summed E-state index contributed by atoms with van der Waals surface area (Å²) < 4.78 is 40.8. The van der Waals surface area contributed by atoms with Crippen molar-refractivity contribution in [3.8, 4) is 0 Å². The van der Waals surface area contributed by atoms with Crippen LogP contribution in [0.15, 0.2) is 77.8 Å². The molecule has 1 N–H and O–H groups in total. The Balaban J connectivity index is 1.74. The highest BCUT2D eigenvalue weighted by Crippen LogP contribution is 2.39. The van der Waals surface area contributed by atoms with Crippen LogP contribution in [0.2, 0.25) is 5.02 Å². The number of nitrogens with zero attached hydrogens (tertiary/aromatic N) is 2. The molecular weight excluding hydrogens is 415 g/mol. The van der Waals surface area contributed by atoms with E-state index in [1.165, 1.54) is 23.1 Å². The molecule has 4 nitrogen and oxygen atoms in total. The molecule has 0 aromatic heterocycles. The molecule has 1 aliphatic heterocycles. The second kappa shape index (κ2) is 7.84. The molecular formula is C22H15ClF3N3O. The first-order valence-corrected chi connectivity index (χ1v) is 9.38. The van der Waals surface area contributed by atoms with Crippen LogP contribution < -0.4 is 10.2 Å². The predicted octanol–water partition coefficient (Wildman–Crippen LogP) is 6.36. The zero-order chi connectivity index (χ0) is 21.3. The van der Waals surface area contributed by atoms with Crippen LogP contribution in [0.4, 0.5) is 29.3 Å². The molecule has 0 atom stereocenters. The van der Waals surface area contributed by atoms with E-state index in [2.05, 4.69) is 10.3 Å². The molecule has 0 fully saturated rings. The molecule has 2 amide bonds.